The van der Waals surface area contributed by atoms with Gasteiger partial charge in [0.05, 0.1) is 6.10 Å². The molecule has 3 N–H and O–H groups in total. The molecule has 0 bridgehead atoms. The van der Waals surface area contributed by atoms with Crippen molar-refractivity contribution < 1.29 is 5.11 Å². The van der Waals surface area contributed by atoms with Crippen LogP contribution in [-0.2, 0) is 0 Å². The van der Waals surface area contributed by atoms with Crippen LogP contribution in [-0.4, -0.2) is 17.8 Å². The molecule has 0 amide bonds. The molecule has 0 radical (unpaired) electrons. The van der Waals surface area contributed by atoms with Crippen LogP contribution in [0.25, 0.3) is 0 Å². The minimum atomic E-state index is -0.254. The predicted octanol–water partition coefficient (Wildman–Crippen LogP) is 1.81. The van der Waals surface area contributed by atoms with E-state index < -0.39 is 0 Å². The standard InChI is InChI=1S/C13H19NO/c1-9-4-2-3-5-11(9)12(8-14)13(15)10-6-7-10/h2-5,10,12-13,15H,6-8,14H2,1H3. The van der Waals surface area contributed by atoms with Gasteiger partial charge in [-0.2, -0.15) is 0 Å². The van der Waals surface area contributed by atoms with Crippen molar-refractivity contribution >= 4 is 0 Å². The highest BCUT2D eigenvalue weighted by Gasteiger charge is 2.35. The molecular weight excluding hydrogens is 186 g/mol. The molecule has 0 saturated heterocycles. The van der Waals surface area contributed by atoms with E-state index in [0.717, 1.165) is 12.8 Å². The number of benzene rings is 1. The van der Waals surface area contributed by atoms with Crippen molar-refractivity contribution in [1.29, 1.82) is 0 Å². The summed E-state index contributed by atoms with van der Waals surface area (Å²) in [7, 11) is 0. The van der Waals surface area contributed by atoms with Gasteiger partial charge in [0, 0.05) is 12.5 Å². The van der Waals surface area contributed by atoms with Crippen LogP contribution >= 0.6 is 0 Å². The van der Waals surface area contributed by atoms with E-state index in [1.165, 1.54) is 11.1 Å². The van der Waals surface area contributed by atoms with Crippen molar-refractivity contribution in [1.82, 2.24) is 0 Å². The smallest absolute Gasteiger partial charge is 0.0649 e. The second kappa shape index (κ2) is 4.33. The minimum absolute atomic E-state index is 0.110. The maximum atomic E-state index is 10.1. The number of nitrogens with two attached hydrogens (primary N) is 1. The molecule has 82 valence electrons. The molecule has 0 heterocycles. The van der Waals surface area contributed by atoms with E-state index in [1.54, 1.807) is 0 Å². The molecular formula is C13H19NO. The van der Waals surface area contributed by atoms with Crippen LogP contribution in [0.3, 0.4) is 0 Å². The number of hydrogen-bond donors (Lipinski definition) is 2. The Bertz CT molecular complexity index is 333. The molecule has 0 aliphatic heterocycles. The summed E-state index contributed by atoms with van der Waals surface area (Å²) in [6.07, 6.45) is 2.06. The maximum Gasteiger partial charge on any atom is 0.0649 e. The average Bonchev–Trinajstić information content (AvgIpc) is 3.05. The van der Waals surface area contributed by atoms with E-state index in [2.05, 4.69) is 19.1 Å². The Morgan fingerprint density at radius 1 is 1.40 bits per heavy atom. The van der Waals surface area contributed by atoms with E-state index in [0.29, 0.717) is 12.5 Å². The topological polar surface area (TPSA) is 46.2 Å². The fraction of sp³-hybridized carbons (Fsp3) is 0.538. The Hall–Kier alpha value is -0.860. The predicted molar refractivity (Wildman–Crippen MR) is 61.7 cm³/mol. The third-order valence-electron chi connectivity index (χ3n) is 3.36. The van der Waals surface area contributed by atoms with Crippen LogP contribution < -0.4 is 5.73 Å². The minimum Gasteiger partial charge on any atom is -0.392 e. The molecule has 0 spiro atoms. The van der Waals surface area contributed by atoms with Crippen molar-refractivity contribution in [2.45, 2.75) is 31.8 Å². The van der Waals surface area contributed by atoms with E-state index in [9.17, 15) is 5.11 Å². The third kappa shape index (κ3) is 2.21. The SMILES string of the molecule is Cc1ccccc1C(CN)C(O)C1CC1. The molecule has 1 aromatic rings. The molecule has 0 aromatic heterocycles. The maximum absolute atomic E-state index is 10.1. The van der Waals surface area contributed by atoms with Crippen molar-refractivity contribution in [2.24, 2.45) is 11.7 Å². The summed E-state index contributed by atoms with van der Waals surface area (Å²) in [5, 5.41) is 10.1. The largest absolute Gasteiger partial charge is 0.392 e. The van der Waals surface area contributed by atoms with E-state index in [4.69, 9.17) is 5.73 Å². The lowest BCUT2D eigenvalue weighted by atomic mass is 9.88. The number of aliphatic hydroxyl groups is 1. The van der Waals surface area contributed by atoms with Gasteiger partial charge in [0.2, 0.25) is 0 Å². The van der Waals surface area contributed by atoms with Gasteiger partial charge in [-0.05, 0) is 36.8 Å². The second-order valence-corrected chi connectivity index (χ2v) is 4.53. The zero-order chi connectivity index (χ0) is 10.8. The van der Waals surface area contributed by atoms with Gasteiger partial charge in [0.25, 0.3) is 0 Å². The lowest BCUT2D eigenvalue weighted by Gasteiger charge is -2.23. The van der Waals surface area contributed by atoms with Gasteiger partial charge in [0.1, 0.15) is 0 Å². The Kier molecular flexibility index (Phi) is 3.08. The quantitative estimate of drug-likeness (QED) is 0.787. The first-order valence-electron chi connectivity index (χ1n) is 5.67. The molecule has 2 nitrogen and oxygen atoms in total. The highest BCUT2D eigenvalue weighted by atomic mass is 16.3. The first kappa shape index (κ1) is 10.7. The van der Waals surface area contributed by atoms with Crippen LogP contribution in [0.4, 0.5) is 0 Å². The monoisotopic (exact) mass is 205 g/mol. The van der Waals surface area contributed by atoms with Crippen LogP contribution in [0.1, 0.15) is 29.9 Å². The molecule has 1 aliphatic rings. The molecule has 1 aliphatic carbocycles. The van der Waals surface area contributed by atoms with Crippen LogP contribution in [0.5, 0.6) is 0 Å². The van der Waals surface area contributed by atoms with E-state index >= 15 is 0 Å². The molecule has 2 rings (SSSR count). The van der Waals surface area contributed by atoms with Crippen molar-refractivity contribution in [3.63, 3.8) is 0 Å². The molecule has 1 fully saturated rings. The average molecular weight is 205 g/mol. The first-order chi connectivity index (χ1) is 7.24. The Labute approximate surface area is 91.1 Å². The number of rotatable bonds is 4. The third-order valence-corrected chi connectivity index (χ3v) is 3.36. The lowest BCUT2D eigenvalue weighted by Crippen LogP contribution is -2.28. The Morgan fingerprint density at radius 3 is 2.60 bits per heavy atom. The fourth-order valence-corrected chi connectivity index (χ4v) is 2.22. The van der Waals surface area contributed by atoms with E-state index in [1.807, 2.05) is 12.1 Å². The normalized spacial score (nSPS) is 19.9. The molecule has 2 heteroatoms. The lowest BCUT2D eigenvalue weighted by molar-refractivity contribution is 0.122. The summed E-state index contributed by atoms with van der Waals surface area (Å²) < 4.78 is 0. The second-order valence-electron chi connectivity index (χ2n) is 4.53. The number of aryl methyl sites for hydroxylation is 1. The summed E-state index contributed by atoms with van der Waals surface area (Å²) in [5.41, 5.74) is 8.22. The summed E-state index contributed by atoms with van der Waals surface area (Å²) in [6.45, 7) is 2.61. The fourth-order valence-electron chi connectivity index (χ4n) is 2.22. The van der Waals surface area contributed by atoms with Gasteiger partial charge < -0.3 is 10.8 Å². The van der Waals surface area contributed by atoms with Crippen LogP contribution in [0.15, 0.2) is 24.3 Å². The van der Waals surface area contributed by atoms with Gasteiger partial charge in [-0.1, -0.05) is 24.3 Å². The first-order valence-corrected chi connectivity index (χ1v) is 5.67. The summed E-state index contributed by atoms with van der Waals surface area (Å²) in [5.74, 6) is 0.594. The molecule has 2 unspecified atom stereocenters. The van der Waals surface area contributed by atoms with Gasteiger partial charge in [-0.25, -0.2) is 0 Å². The van der Waals surface area contributed by atoms with Crippen molar-refractivity contribution in [3.8, 4) is 0 Å². The molecule has 1 saturated carbocycles. The zero-order valence-corrected chi connectivity index (χ0v) is 9.19. The van der Waals surface area contributed by atoms with Gasteiger partial charge in [-0.3, -0.25) is 0 Å². The van der Waals surface area contributed by atoms with Crippen molar-refractivity contribution in [2.75, 3.05) is 6.54 Å². The highest BCUT2D eigenvalue weighted by molar-refractivity contribution is 5.30. The molecule has 1 aromatic carbocycles. The van der Waals surface area contributed by atoms with Crippen LogP contribution in [0, 0.1) is 12.8 Å². The zero-order valence-electron chi connectivity index (χ0n) is 9.19. The Balaban J connectivity index is 2.21. The summed E-state index contributed by atoms with van der Waals surface area (Å²) >= 11 is 0. The molecule has 2 atom stereocenters. The van der Waals surface area contributed by atoms with Gasteiger partial charge in [-0.15, -0.1) is 0 Å². The van der Waals surface area contributed by atoms with Gasteiger partial charge >= 0.3 is 0 Å². The molecule has 15 heavy (non-hydrogen) atoms. The highest BCUT2D eigenvalue weighted by Crippen LogP contribution is 2.39. The van der Waals surface area contributed by atoms with Gasteiger partial charge in [0.15, 0.2) is 0 Å². The van der Waals surface area contributed by atoms with Crippen LogP contribution in [0.2, 0.25) is 0 Å². The Morgan fingerprint density at radius 2 is 2.07 bits per heavy atom. The summed E-state index contributed by atoms with van der Waals surface area (Å²) in [6, 6.07) is 8.20. The number of hydrogen-bond acceptors (Lipinski definition) is 2. The summed E-state index contributed by atoms with van der Waals surface area (Å²) in [4.78, 5) is 0. The van der Waals surface area contributed by atoms with E-state index in [-0.39, 0.29) is 12.0 Å². The van der Waals surface area contributed by atoms with Crippen molar-refractivity contribution in [3.05, 3.63) is 35.4 Å². The number of aliphatic hydroxyl groups excluding tert-OH is 1.